The Morgan fingerprint density at radius 3 is 2.78 bits per heavy atom. The van der Waals surface area contributed by atoms with Gasteiger partial charge in [-0.15, -0.1) is 0 Å². The van der Waals surface area contributed by atoms with E-state index in [1.165, 1.54) is 0 Å². The van der Waals surface area contributed by atoms with Gasteiger partial charge in [0.05, 0.1) is 12.6 Å². The molecule has 0 spiro atoms. The van der Waals surface area contributed by atoms with E-state index in [0.717, 1.165) is 28.5 Å². The summed E-state index contributed by atoms with van der Waals surface area (Å²) in [5.41, 5.74) is 8.06. The quantitative estimate of drug-likeness (QED) is 0.863. The smallest absolute Gasteiger partial charge is 0.251 e. The monoisotopic (exact) mass is 246 g/mol. The highest BCUT2D eigenvalue weighted by molar-refractivity contribution is 5.85. The van der Waals surface area contributed by atoms with E-state index in [2.05, 4.69) is 4.98 Å². The molecule has 2 rings (SSSR count). The maximum Gasteiger partial charge on any atom is 0.251 e. The number of pyridine rings is 1. The van der Waals surface area contributed by atoms with Crippen molar-refractivity contribution in [2.75, 3.05) is 13.7 Å². The second kappa shape index (κ2) is 5.23. The Hall–Kier alpha value is -1.81. The predicted octanol–water partition coefficient (Wildman–Crippen LogP) is 1.74. The summed E-state index contributed by atoms with van der Waals surface area (Å²) in [4.78, 5) is 14.8. The molecule has 0 radical (unpaired) electrons. The lowest BCUT2D eigenvalue weighted by molar-refractivity contribution is 0.418. The number of fused-ring (bicyclic) bond motifs is 1. The molecule has 0 saturated heterocycles. The summed E-state index contributed by atoms with van der Waals surface area (Å²) in [5, 5.41) is 0.999. The summed E-state index contributed by atoms with van der Waals surface area (Å²) in [7, 11) is 1.61. The first kappa shape index (κ1) is 12.6. The lowest BCUT2D eigenvalue weighted by atomic mass is 10.1. The van der Waals surface area contributed by atoms with Gasteiger partial charge in [0.15, 0.2) is 0 Å². The SMILES string of the molecule is COc1cc(C)cc2cc(CCCN)c(=O)[nH]c12. The van der Waals surface area contributed by atoms with Crippen molar-refractivity contribution in [1.29, 1.82) is 0 Å². The average molecular weight is 246 g/mol. The average Bonchev–Trinajstić information content (AvgIpc) is 2.36. The van der Waals surface area contributed by atoms with E-state index in [4.69, 9.17) is 10.5 Å². The van der Waals surface area contributed by atoms with Crippen LogP contribution >= 0.6 is 0 Å². The molecule has 1 aromatic heterocycles. The number of hydrogen-bond acceptors (Lipinski definition) is 3. The van der Waals surface area contributed by atoms with Gasteiger partial charge in [-0.2, -0.15) is 0 Å². The van der Waals surface area contributed by atoms with Crippen LogP contribution in [0, 0.1) is 6.92 Å². The summed E-state index contributed by atoms with van der Waals surface area (Å²) in [6.07, 6.45) is 1.52. The topological polar surface area (TPSA) is 68.1 Å². The Kier molecular flexibility index (Phi) is 3.67. The first-order chi connectivity index (χ1) is 8.65. The highest BCUT2D eigenvalue weighted by Gasteiger charge is 2.07. The normalized spacial score (nSPS) is 10.8. The van der Waals surface area contributed by atoms with E-state index < -0.39 is 0 Å². The molecule has 1 heterocycles. The van der Waals surface area contributed by atoms with Gasteiger partial charge in [0.25, 0.3) is 5.56 Å². The fourth-order valence-electron chi connectivity index (χ4n) is 2.11. The summed E-state index contributed by atoms with van der Waals surface area (Å²) < 4.78 is 5.29. The largest absolute Gasteiger partial charge is 0.495 e. The molecule has 0 aliphatic carbocycles. The number of aryl methyl sites for hydroxylation is 2. The van der Waals surface area contributed by atoms with Crippen LogP contribution in [0.3, 0.4) is 0 Å². The number of hydrogen-bond donors (Lipinski definition) is 2. The highest BCUT2D eigenvalue weighted by Crippen LogP contribution is 2.25. The highest BCUT2D eigenvalue weighted by atomic mass is 16.5. The van der Waals surface area contributed by atoms with Crippen molar-refractivity contribution < 1.29 is 4.74 Å². The van der Waals surface area contributed by atoms with E-state index in [9.17, 15) is 4.79 Å². The zero-order valence-electron chi connectivity index (χ0n) is 10.7. The second-order valence-corrected chi connectivity index (χ2v) is 4.45. The number of ether oxygens (including phenoxy) is 1. The minimum atomic E-state index is -0.0573. The van der Waals surface area contributed by atoms with Crippen LogP contribution in [0.5, 0.6) is 5.75 Å². The maximum atomic E-state index is 11.9. The molecule has 0 unspecified atom stereocenters. The van der Waals surface area contributed by atoms with Crippen LogP contribution in [0.25, 0.3) is 10.9 Å². The zero-order valence-corrected chi connectivity index (χ0v) is 10.7. The van der Waals surface area contributed by atoms with Crippen molar-refractivity contribution in [1.82, 2.24) is 4.98 Å². The first-order valence-electron chi connectivity index (χ1n) is 6.06. The van der Waals surface area contributed by atoms with Gasteiger partial charge >= 0.3 is 0 Å². The van der Waals surface area contributed by atoms with Crippen LogP contribution in [0.1, 0.15) is 17.5 Å². The molecule has 0 aliphatic heterocycles. The molecule has 0 aliphatic rings. The molecule has 4 heteroatoms. The molecule has 1 aromatic carbocycles. The summed E-state index contributed by atoms with van der Waals surface area (Å²) in [5.74, 6) is 0.701. The van der Waals surface area contributed by atoms with Gasteiger partial charge in [0, 0.05) is 10.9 Å². The number of aromatic amines is 1. The third-order valence-corrected chi connectivity index (χ3v) is 3.01. The Balaban J connectivity index is 2.60. The molecule has 3 N–H and O–H groups in total. The molecule has 0 fully saturated rings. The van der Waals surface area contributed by atoms with Gasteiger partial charge in [-0.05, 0) is 50.1 Å². The van der Waals surface area contributed by atoms with Crippen LogP contribution < -0.4 is 16.0 Å². The van der Waals surface area contributed by atoms with Crippen molar-refractivity contribution >= 4 is 10.9 Å². The first-order valence-corrected chi connectivity index (χ1v) is 6.06. The molecule has 0 bridgehead atoms. The van der Waals surface area contributed by atoms with Crippen molar-refractivity contribution in [3.05, 3.63) is 39.7 Å². The van der Waals surface area contributed by atoms with Crippen LogP contribution in [0.2, 0.25) is 0 Å². The molecule has 0 atom stereocenters. The Labute approximate surface area is 106 Å². The minimum absolute atomic E-state index is 0.0573. The summed E-state index contributed by atoms with van der Waals surface area (Å²) in [6, 6.07) is 5.89. The summed E-state index contributed by atoms with van der Waals surface area (Å²) in [6.45, 7) is 2.60. The standard InChI is InChI=1S/C14H18N2O2/c1-9-6-11-8-10(4-3-5-15)14(17)16-13(11)12(7-9)18-2/h6-8H,3-5,15H2,1-2H3,(H,16,17). The third kappa shape index (κ3) is 2.38. The molecule has 18 heavy (non-hydrogen) atoms. The number of rotatable bonds is 4. The van der Waals surface area contributed by atoms with E-state index in [1.807, 2.05) is 25.1 Å². The van der Waals surface area contributed by atoms with E-state index in [-0.39, 0.29) is 5.56 Å². The number of nitrogens with two attached hydrogens (primary N) is 1. The maximum absolute atomic E-state index is 11.9. The number of H-pyrrole nitrogens is 1. The molecular formula is C14H18N2O2. The molecule has 4 nitrogen and oxygen atoms in total. The fourth-order valence-corrected chi connectivity index (χ4v) is 2.11. The van der Waals surface area contributed by atoms with Crippen LogP contribution in [-0.4, -0.2) is 18.6 Å². The van der Waals surface area contributed by atoms with E-state index in [1.54, 1.807) is 7.11 Å². The van der Waals surface area contributed by atoms with Gasteiger partial charge in [0.1, 0.15) is 5.75 Å². The van der Waals surface area contributed by atoms with Gasteiger partial charge in [-0.1, -0.05) is 0 Å². The minimum Gasteiger partial charge on any atom is -0.495 e. The number of methoxy groups -OCH3 is 1. The molecule has 0 amide bonds. The van der Waals surface area contributed by atoms with Crippen molar-refractivity contribution in [3.8, 4) is 5.75 Å². The Bertz CT molecular complexity index is 617. The van der Waals surface area contributed by atoms with Crippen LogP contribution in [0.4, 0.5) is 0 Å². The predicted molar refractivity (Wildman–Crippen MR) is 73.2 cm³/mol. The van der Waals surface area contributed by atoms with Gasteiger partial charge in [-0.25, -0.2) is 0 Å². The molecule has 96 valence electrons. The molecule has 2 aromatic rings. The van der Waals surface area contributed by atoms with Crippen molar-refractivity contribution in [2.45, 2.75) is 19.8 Å². The zero-order chi connectivity index (χ0) is 13.1. The number of aromatic nitrogens is 1. The van der Waals surface area contributed by atoms with Gasteiger partial charge in [-0.3, -0.25) is 4.79 Å². The fraction of sp³-hybridized carbons (Fsp3) is 0.357. The van der Waals surface area contributed by atoms with Crippen LogP contribution in [-0.2, 0) is 6.42 Å². The van der Waals surface area contributed by atoms with Crippen LogP contribution in [0.15, 0.2) is 23.0 Å². The van der Waals surface area contributed by atoms with E-state index >= 15 is 0 Å². The second-order valence-electron chi connectivity index (χ2n) is 4.45. The van der Waals surface area contributed by atoms with Gasteiger partial charge in [0.2, 0.25) is 0 Å². The molecular weight excluding hydrogens is 228 g/mol. The number of benzene rings is 1. The van der Waals surface area contributed by atoms with Gasteiger partial charge < -0.3 is 15.5 Å². The van der Waals surface area contributed by atoms with Crippen molar-refractivity contribution in [2.24, 2.45) is 5.73 Å². The molecule has 0 saturated carbocycles. The lowest BCUT2D eigenvalue weighted by Crippen LogP contribution is -2.14. The lowest BCUT2D eigenvalue weighted by Gasteiger charge is -2.08. The third-order valence-electron chi connectivity index (χ3n) is 3.01. The van der Waals surface area contributed by atoms with Crippen molar-refractivity contribution in [3.63, 3.8) is 0 Å². The number of nitrogens with one attached hydrogen (secondary N) is 1. The Morgan fingerprint density at radius 2 is 2.11 bits per heavy atom. The van der Waals surface area contributed by atoms with E-state index in [0.29, 0.717) is 18.7 Å². The summed E-state index contributed by atoms with van der Waals surface area (Å²) >= 11 is 0. The Morgan fingerprint density at radius 1 is 1.33 bits per heavy atom.